The first kappa shape index (κ1) is 15.6. The molecule has 1 atom stereocenters. The first-order chi connectivity index (χ1) is 10.2. The van der Waals surface area contributed by atoms with Crippen molar-refractivity contribution >= 4 is 5.57 Å². The van der Waals surface area contributed by atoms with Crippen LogP contribution in [0.2, 0.25) is 0 Å². The number of nitrogens with one attached hydrogen (secondary N) is 1. The van der Waals surface area contributed by atoms with Crippen molar-refractivity contribution in [3.8, 4) is 0 Å². The maximum atomic E-state index is 3.36. The van der Waals surface area contributed by atoms with Crippen molar-refractivity contribution in [2.75, 3.05) is 6.54 Å². The van der Waals surface area contributed by atoms with E-state index in [0.717, 1.165) is 19.4 Å². The van der Waals surface area contributed by atoms with E-state index in [0.29, 0.717) is 5.92 Å². The molecule has 0 saturated heterocycles. The molecule has 112 valence electrons. The van der Waals surface area contributed by atoms with Gasteiger partial charge in [-0.1, -0.05) is 55.8 Å². The van der Waals surface area contributed by atoms with Gasteiger partial charge in [0.25, 0.3) is 0 Å². The molecule has 1 N–H and O–H groups in total. The van der Waals surface area contributed by atoms with Gasteiger partial charge < -0.3 is 5.32 Å². The van der Waals surface area contributed by atoms with Gasteiger partial charge in [-0.25, -0.2) is 0 Å². The topological polar surface area (TPSA) is 12.0 Å². The van der Waals surface area contributed by atoms with E-state index in [2.05, 4.69) is 75.6 Å². The van der Waals surface area contributed by atoms with Gasteiger partial charge in [0.2, 0.25) is 0 Å². The monoisotopic (exact) mass is 281 g/mol. The summed E-state index contributed by atoms with van der Waals surface area (Å²) >= 11 is 0. The van der Waals surface area contributed by atoms with Gasteiger partial charge in [0.05, 0.1) is 0 Å². The predicted octanol–water partition coefficient (Wildman–Crippen LogP) is 5.25. The van der Waals surface area contributed by atoms with Gasteiger partial charge >= 0.3 is 0 Å². The first-order valence-corrected chi connectivity index (χ1v) is 8.06. The minimum atomic E-state index is 0.613. The number of hydrogen-bond acceptors (Lipinski definition) is 1. The van der Waals surface area contributed by atoms with Crippen LogP contribution in [0.5, 0.6) is 0 Å². The van der Waals surface area contributed by atoms with E-state index in [1.165, 1.54) is 27.8 Å². The van der Waals surface area contributed by atoms with Gasteiger partial charge in [-0.3, -0.25) is 0 Å². The third-order valence-electron chi connectivity index (χ3n) is 4.02. The fourth-order valence-corrected chi connectivity index (χ4v) is 2.86. The maximum Gasteiger partial charge on any atom is 0.0113 e. The summed E-state index contributed by atoms with van der Waals surface area (Å²) in [5.41, 5.74) is 6.99. The van der Waals surface area contributed by atoms with Crippen molar-refractivity contribution in [2.45, 2.75) is 40.5 Å². The second kappa shape index (κ2) is 7.31. The molecule has 1 nitrogen and oxygen atoms in total. The van der Waals surface area contributed by atoms with Crippen LogP contribution in [0.4, 0.5) is 0 Å². The summed E-state index contributed by atoms with van der Waals surface area (Å²) in [4.78, 5) is 0. The lowest BCUT2D eigenvalue weighted by Gasteiger charge is -2.22. The Balaban J connectivity index is 2.50. The van der Waals surface area contributed by atoms with Gasteiger partial charge in [-0.05, 0) is 54.9 Å². The van der Waals surface area contributed by atoms with Gasteiger partial charge in [0.15, 0.2) is 0 Å². The molecule has 0 amide bonds. The SMILES string of the molecule is CCN/C=C(\CC)C1=C(c2cccc(C)c2)CC(C)C=C1. The van der Waals surface area contributed by atoms with E-state index in [4.69, 9.17) is 0 Å². The molecule has 0 aliphatic heterocycles. The molecule has 0 fully saturated rings. The third-order valence-corrected chi connectivity index (χ3v) is 4.02. The van der Waals surface area contributed by atoms with E-state index >= 15 is 0 Å². The molecule has 1 heteroatoms. The molecule has 1 aliphatic rings. The molecule has 0 spiro atoms. The lowest BCUT2D eigenvalue weighted by molar-refractivity contribution is 0.743. The Labute approximate surface area is 129 Å². The highest BCUT2D eigenvalue weighted by atomic mass is 14.8. The third kappa shape index (κ3) is 3.87. The summed E-state index contributed by atoms with van der Waals surface area (Å²) in [6, 6.07) is 8.88. The van der Waals surface area contributed by atoms with Crippen molar-refractivity contribution < 1.29 is 0 Å². The van der Waals surface area contributed by atoms with Crippen molar-refractivity contribution in [1.82, 2.24) is 5.32 Å². The Morgan fingerprint density at radius 3 is 2.81 bits per heavy atom. The second-order valence-electron chi connectivity index (χ2n) is 5.88. The maximum absolute atomic E-state index is 3.36. The average Bonchev–Trinajstić information content (AvgIpc) is 2.49. The van der Waals surface area contributed by atoms with Crippen molar-refractivity contribution in [2.24, 2.45) is 5.92 Å². The fraction of sp³-hybridized carbons (Fsp3) is 0.400. The van der Waals surface area contributed by atoms with Crippen molar-refractivity contribution in [3.05, 3.63) is 64.9 Å². The Kier molecular flexibility index (Phi) is 5.44. The van der Waals surface area contributed by atoms with Crippen LogP contribution in [0, 0.1) is 12.8 Å². The summed E-state index contributed by atoms with van der Waals surface area (Å²) in [6.45, 7) is 9.80. The summed E-state index contributed by atoms with van der Waals surface area (Å²) in [5, 5.41) is 3.36. The Bertz CT molecular complexity index is 575. The molecule has 1 aromatic carbocycles. The molecule has 2 rings (SSSR count). The number of allylic oxidation sites excluding steroid dienone is 5. The molecule has 1 aliphatic carbocycles. The molecule has 0 heterocycles. The Hall–Kier alpha value is -1.76. The standard InChI is InChI=1S/C20H27N/c1-5-17(14-21-6-2)19-11-10-16(4)13-20(19)18-9-7-8-15(3)12-18/h7-12,14,16,21H,5-6,13H2,1-4H3/b17-14+. The lowest BCUT2D eigenvalue weighted by atomic mass is 9.83. The summed E-state index contributed by atoms with van der Waals surface area (Å²) in [6.07, 6.45) is 9.02. The molecule has 0 aromatic heterocycles. The van der Waals surface area contributed by atoms with Crippen LogP contribution in [0.1, 0.15) is 44.7 Å². The molecule has 0 bridgehead atoms. The minimum Gasteiger partial charge on any atom is -0.391 e. The zero-order valence-corrected chi connectivity index (χ0v) is 13.7. The van der Waals surface area contributed by atoms with Gasteiger partial charge in [-0.2, -0.15) is 0 Å². The molecule has 21 heavy (non-hydrogen) atoms. The number of aryl methyl sites for hydroxylation is 1. The van der Waals surface area contributed by atoms with Crippen LogP contribution in [-0.4, -0.2) is 6.54 Å². The summed E-state index contributed by atoms with van der Waals surface area (Å²) in [7, 11) is 0. The minimum absolute atomic E-state index is 0.613. The molecular weight excluding hydrogens is 254 g/mol. The van der Waals surface area contributed by atoms with E-state index in [1.54, 1.807) is 0 Å². The molecule has 1 unspecified atom stereocenters. The number of rotatable bonds is 5. The van der Waals surface area contributed by atoms with Gasteiger partial charge in [-0.15, -0.1) is 0 Å². The van der Waals surface area contributed by atoms with E-state index in [9.17, 15) is 0 Å². The van der Waals surface area contributed by atoms with E-state index in [1.807, 2.05) is 0 Å². The molecule has 0 saturated carbocycles. The average molecular weight is 281 g/mol. The normalized spacial score (nSPS) is 19.0. The number of benzene rings is 1. The highest BCUT2D eigenvalue weighted by molar-refractivity contribution is 5.76. The number of hydrogen-bond donors (Lipinski definition) is 1. The largest absolute Gasteiger partial charge is 0.391 e. The van der Waals surface area contributed by atoms with Gasteiger partial charge in [0, 0.05) is 12.7 Å². The van der Waals surface area contributed by atoms with E-state index in [-0.39, 0.29) is 0 Å². The zero-order valence-electron chi connectivity index (χ0n) is 13.7. The summed E-state index contributed by atoms with van der Waals surface area (Å²) < 4.78 is 0. The lowest BCUT2D eigenvalue weighted by Crippen LogP contribution is -2.08. The predicted molar refractivity (Wildman–Crippen MR) is 93.1 cm³/mol. The van der Waals surface area contributed by atoms with Crippen molar-refractivity contribution in [1.29, 1.82) is 0 Å². The van der Waals surface area contributed by atoms with Crippen LogP contribution in [0.25, 0.3) is 5.57 Å². The quantitative estimate of drug-likeness (QED) is 0.777. The van der Waals surface area contributed by atoms with Crippen LogP contribution in [-0.2, 0) is 0 Å². The molecule has 0 radical (unpaired) electrons. The van der Waals surface area contributed by atoms with Crippen LogP contribution in [0.3, 0.4) is 0 Å². The van der Waals surface area contributed by atoms with Gasteiger partial charge in [0.1, 0.15) is 0 Å². The fourth-order valence-electron chi connectivity index (χ4n) is 2.86. The summed E-state index contributed by atoms with van der Waals surface area (Å²) in [5.74, 6) is 0.613. The van der Waals surface area contributed by atoms with Crippen molar-refractivity contribution in [3.63, 3.8) is 0 Å². The van der Waals surface area contributed by atoms with Crippen LogP contribution in [0.15, 0.2) is 53.8 Å². The second-order valence-corrected chi connectivity index (χ2v) is 5.88. The first-order valence-electron chi connectivity index (χ1n) is 8.06. The molecule has 1 aromatic rings. The van der Waals surface area contributed by atoms with E-state index < -0.39 is 0 Å². The molecular formula is C20H27N. The Morgan fingerprint density at radius 2 is 2.14 bits per heavy atom. The smallest absolute Gasteiger partial charge is 0.0113 e. The Morgan fingerprint density at radius 1 is 1.33 bits per heavy atom. The van der Waals surface area contributed by atoms with Crippen LogP contribution < -0.4 is 5.32 Å². The van der Waals surface area contributed by atoms with Crippen LogP contribution >= 0.6 is 0 Å². The highest BCUT2D eigenvalue weighted by Crippen LogP contribution is 2.35. The zero-order chi connectivity index (χ0) is 15.2. The highest BCUT2D eigenvalue weighted by Gasteiger charge is 2.17.